The molecule has 0 aliphatic rings. The van der Waals surface area contributed by atoms with Gasteiger partial charge in [0, 0.05) is 24.8 Å². The summed E-state index contributed by atoms with van der Waals surface area (Å²) in [4.78, 5) is 27.3. The minimum absolute atomic E-state index is 0.302. The topological polar surface area (TPSA) is 56.9 Å². The lowest BCUT2D eigenvalue weighted by Gasteiger charge is -2.03. The van der Waals surface area contributed by atoms with Gasteiger partial charge in [-0.15, -0.1) is 22.9 Å². The number of nitrogens with zero attached hydrogens (tertiary/aromatic N) is 3. The molecule has 5 nitrogen and oxygen atoms in total. The smallest absolute Gasteiger partial charge is 0.312 e. The summed E-state index contributed by atoms with van der Waals surface area (Å²) in [6.07, 6.45) is 3.13. The first kappa shape index (κ1) is 12.1. The number of aryl methyl sites for hydroxylation is 1. The van der Waals surface area contributed by atoms with Crippen molar-refractivity contribution in [1.29, 1.82) is 0 Å². The van der Waals surface area contributed by atoms with Crippen LogP contribution in [0.15, 0.2) is 27.4 Å². The highest BCUT2D eigenvalue weighted by Gasteiger charge is 2.06. The quantitative estimate of drug-likeness (QED) is 0.613. The number of halogens is 1. The van der Waals surface area contributed by atoms with Gasteiger partial charge in [-0.25, -0.2) is 4.98 Å². The van der Waals surface area contributed by atoms with Gasteiger partial charge >= 0.3 is 11.1 Å². The Hall–Kier alpha value is -1.40. The maximum Gasteiger partial charge on any atom is 0.316 e. The lowest BCUT2D eigenvalue weighted by molar-refractivity contribution is 0.691. The van der Waals surface area contributed by atoms with Crippen LogP contribution in [0.2, 0.25) is 0 Å². The molecule has 7 heteroatoms. The van der Waals surface area contributed by atoms with Gasteiger partial charge in [0.05, 0.1) is 18.1 Å². The monoisotopic (exact) mass is 271 g/mol. The van der Waals surface area contributed by atoms with Crippen molar-refractivity contribution in [3.05, 3.63) is 49.2 Å². The van der Waals surface area contributed by atoms with E-state index in [1.54, 1.807) is 19.4 Å². The van der Waals surface area contributed by atoms with Crippen LogP contribution in [0.25, 0.3) is 0 Å². The fourth-order valence-electron chi connectivity index (χ4n) is 1.34. The predicted octanol–water partition coefficient (Wildman–Crippen LogP) is 0.791. The van der Waals surface area contributed by atoms with E-state index in [9.17, 15) is 9.59 Å². The molecular formula is C10H10ClN3O2S. The summed E-state index contributed by atoms with van der Waals surface area (Å²) in [5.74, 6) is 0.349. The Morgan fingerprint density at radius 1 is 1.35 bits per heavy atom. The summed E-state index contributed by atoms with van der Waals surface area (Å²) in [6, 6.07) is 0. The molecule has 0 fully saturated rings. The second-order valence-electron chi connectivity index (χ2n) is 3.51. The van der Waals surface area contributed by atoms with Crippen LogP contribution in [0, 0.1) is 0 Å². The minimum Gasteiger partial charge on any atom is -0.312 e. The minimum atomic E-state index is -0.544. The number of aromatic nitrogens is 3. The molecule has 2 aromatic heterocycles. The molecule has 0 unspecified atom stereocenters. The zero-order valence-corrected chi connectivity index (χ0v) is 10.7. The molecule has 0 aliphatic heterocycles. The molecule has 0 N–H and O–H groups in total. The molecule has 0 aromatic carbocycles. The van der Waals surface area contributed by atoms with E-state index < -0.39 is 11.1 Å². The number of thiazole rings is 1. The lowest BCUT2D eigenvalue weighted by atomic mass is 10.5. The van der Waals surface area contributed by atoms with Gasteiger partial charge in [-0.2, -0.15) is 0 Å². The van der Waals surface area contributed by atoms with Crippen molar-refractivity contribution in [2.45, 2.75) is 12.4 Å². The van der Waals surface area contributed by atoms with Crippen LogP contribution in [0.3, 0.4) is 0 Å². The Balaban J connectivity index is 2.34. The lowest BCUT2D eigenvalue weighted by Crippen LogP contribution is -2.39. The zero-order valence-electron chi connectivity index (χ0n) is 9.09. The van der Waals surface area contributed by atoms with E-state index in [2.05, 4.69) is 4.98 Å². The molecule has 90 valence electrons. The average molecular weight is 272 g/mol. The van der Waals surface area contributed by atoms with Crippen LogP contribution in [0.5, 0.6) is 0 Å². The predicted molar refractivity (Wildman–Crippen MR) is 66.7 cm³/mol. The maximum atomic E-state index is 11.7. The van der Waals surface area contributed by atoms with Gasteiger partial charge in [0.25, 0.3) is 0 Å². The molecule has 2 heterocycles. The number of hydrogen-bond donors (Lipinski definition) is 0. The second-order valence-corrected chi connectivity index (χ2v) is 4.72. The number of hydrogen-bond acceptors (Lipinski definition) is 4. The van der Waals surface area contributed by atoms with Crippen molar-refractivity contribution in [3.8, 4) is 0 Å². The average Bonchev–Trinajstić information content (AvgIpc) is 2.78. The summed E-state index contributed by atoms with van der Waals surface area (Å²) < 4.78 is 2.60. The molecule has 2 rings (SSSR count). The first-order valence-corrected chi connectivity index (χ1v) is 6.28. The van der Waals surface area contributed by atoms with Crippen molar-refractivity contribution >= 4 is 22.9 Å². The Morgan fingerprint density at radius 2 is 2.12 bits per heavy atom. The van der Waals surface area contributed by atoms with Gasteiger partial charge in [-0.3, -0.25) is 9.59 Å². The Bertz CT molecular complexity index is 643. The summed E-state index contributed by atoms with van der Waals surface area (Å²) in [6.45, 7) is 0.302. The third-order valence-corrected chi connectivity index (χ3v) is 3.43. The van der Waals surface area contributed by atoms with E-state index >= 15 is 0 Å². The normalized spacial score (nSPS) is 10.7. The molecule has 0 saturated heterocycles. The fraction of sp³-hybridized carbons (Fsp3) is 0.300. The molecular weight excluding hydrogens is 262 g/mol. The Labute approximate surface area is 106 Å². The molecule has 0 radical (unpaired) electrons. The molecule has 2 aromatic rings. The molecule has 17 heavy (non-hydrogen) atoms. The molecule has 0 saturated carbocycles. The van der Waals surface area contributed by atoms with Crippen molar-refractivity contribution < 1.29 is 0 Å². The Kier molecular flexibility index (Phi) is 3.44. The summed E-state index contributed by atoms with van der Waals surface area (Å²) in [5, 5.41) is 2.60. The van der Waals surface area contributed by atoms with Crippen LogP contribution >= 0.6 is 22.9 Å². The van der Waals surface area contributed by atoms with Gasteiger partial charge in [0.1, 0.15) is 5.01 Å². The summed E-state index contributed by atoms with van der Waals surface area (Å²) in [7, 11) is 1.54. The van der Waals surface area contributed by atoms with Crippen LogP contribution in [-0.4, -0.2) is 14.1 Å². The van der Waals surface area contributed by atoms with Gasteiger partial charge in [-0.1, -0.05) is 0 Å². The van der Waals surface area contributed by atoms with E-state index in [4.69, 9.17) is 11.6 Å². The maximum absolute atomic E-state index is 11.7. The summed E-state index contributed by atoms with van der Waals surface area (Å²) >= 11 is 7.07. The molecule has 0 aliphatic carbocycles. The van der Waals surface area contributed by atoms with E-state index in [0.29, 0.717) is 12.4 Å². The van der Waals surface area contributed by atoms with Gasteiger partial charge in [0.15, 0.2) is 0 Å². The number of rotatable bonds is 3. The molecule has 0 atom stereocenters. The van der Waals surface area contributed by atoms with Crippen LogP contribution < -0.4 is 11.1 Å². The van der Waals surface area contributed by atoms with Crippen LogP contribution in [-0.2, 0) is 19.5 Å². The second kappa shape index (κ2) is 4.85. The van der Waals surface area contributed by atoms with E-state index in [1.807, 2.05) is 5.38 Å². The van der Waals surface area contributed by atoms with Crippen molar-refractivity contribution in [3.63, 3.8) is 0 Å². The first-order chi connectivity index (χ1) is 8.11. The Morgan fingerprint density at radius 3 is 2.76 bits per heavy atom. The fourth-order valence-corrected chi connectivity index (χ4v) is 2.36. The van der Waals surface area contributed by atoms with Crippen molar-refractivity contribution in [1.82, 2.24) is 14.1 Å². The molecule has 0 bridgehead atoms. The highest BCUT2D eigenvalue weighted by atomic mass is 35.5. The van der Waals surface area contributed by atoms with Crippen molar-refractivity contribution in [2.24, 2.45) is 7.05 Å². The first-order valence-electron chi connectivity index (χ1n) is 4.87. The third-order valence-electron chi connectivity index (χ3n) is 2.28. The largest absolute Gasteiger partial charge is 0.316 e. The van der Waals surface area contributed by atoms with Crippen LogP contribution in [0.1, 0.15) is 10.7 Å². The highest BCUT2D eigenvalue weighted by molar-refractivity contribution is 7.09. The summed E-state index contributed by atoms with van der Waals surface area (Å²) in [5.41, 5.74) is -0.303. The third kappa shape index (κ3) is 2.48. The highest BCUT2D eigenvalue weighted by Crippen LogP contribution is 2.11. The molecule has 0 spiro atoms. The number of alkyl halides is 1. The van der Waals surface area contributed by atoms with Gasteiger partial charge in [0.2, 0.25) is 0 Å². The molecule has 0 amide bonds. The van der Waals surface area contributed by atoms with Gasteiger partial charge < -0.3 is 9.13 Å². The van der Waals surface area contributed by atoms with E-state index in [-0.39, 0.29) is 0 Å². The van der Waals surface area contributed by atoms with E-state index in [0.717, 1.165) is 10.7 Å². The standard InChI is InChI=1S/C10H10ClN3O2S/c1-13-2-3-14(10(16)9(13)15)5-8-12-7(4-11)6-17-8/h2-3,6H,4-5H2,1H3. The zero-order chi connectivity index (χ0) is 12.4. The van der Waals surface area contributed by atoms with Crippen LogP contribution in [0.4, 0.5) is 0 Å². The van der Waals surface area contributed by atoms with Crippen molar-refractivity contribution in [2.75, 3.05) is 0 Å². The SMILES string of the molecule is Cn1ccn(Cc2nc(CCl)cs2)c(=O)c1=O. The van der Waals surface area contributed by atoms with E-state index in [1.165, 1.54) is 20.5 Å². The van der Waals surface area contributed by atoms with Gasteiger partial charge in [-0.05, 0) is 0 Å².